The Hall–Kier alpha value is -1.62. The van der Waals surface area contributed by atoms with Crippen LogP contribution < -0.4 is 5.73 Å². The van der Waals surface area contributed by atoms with Crippen LogP contribution in [0.15, 0.2) is 35.3 Å². The van der Waals surface area contributed by atoms with E-state index < -0.39 is 0 Å². The monoisotopic (exact) mass is 337 g/mol. The average molecular weight is 338 g/mol. The van der Waals surface area contributed by atoms with Crippen LogP contribution in [0, 0.1) is 5.82 Å². The van der Waals surface area contributed by atoms with Gasteiger partial charge in [-0.2, -0.15) is 0 Å². The predicted octanol–water partition coefficient (Wildman–Crippen LogP) is 4.17. The first kappa shape index (κ1) is 14.8. The molecule has 1 aromatic carbocycles. The molecule has 0 fully saturated rings. The number of nitrogens with zero attached hydrogens (tertiary/aromatic N) is 2. The third-order valence-corrected chi connectivity index (χ3v) is 3.67. The highest BCUT2D eigenvalue weighted by Gasteiger charge is 2.15. The van der Waals surface area contributed by atoms with E-state index in [2.05, 4.69) is 34.4 Å². The number of hydrogen-bond donors (Lipinski definition) is 1. The fraction of sp³-hybridized carbons (Fsp3) is 0.267. The van der Waals surface area contributed by atoms with Gasteiger partial charge in [0.15, 0.2) is 0 Å². The molecule has 0 radical (unpaired) electrons. The number of allylic oxidation sites excluding steroid dienone is 1. The maximum absolute atomic E-state index is 13.3. The molecule has 2 rings (SSSR count). The van der Waals surface area contributed by atoms with Gasteiger partial charge < -0.3 is 10.3 Å². The zero-order valence-corrected chi connectivity index (χ0v) is 13.0. The predicted molar refractivity (Wildman–Crippen MR) is 83.9 cm³/mol. The van der Waals surface area contributed by atoms with Crippen LogP contribution >= 0.6 is 15.9 Å². The Morgan fingerprint density at radius 2 is 2.25 bits per heavy atom. The number of aryl methyl sites for hydroxylation is 1. The Balaban J connectivity index is 2.53. The van der Waals surface area contributed by atoms with Crippen molar-refractivity contribution in [3.05, 3.63) is 47.0 Å². The van der Waals surface area contributed by atoms with Crippen LogP contribution in [0.2, 0.25) is 0 Å². The van der Waals surface area contributed by atoms with Crippen LogP contribution in [0.4, 0.5) is 10.2 Å². The van der Waals surface area contributed by atoms with Crippen LogP contribution in [0.1, 0.15) is 19.2 Å². The third kappa shape index (κ3) is 2.77. The van der Waals surface area contributed by atoms with Crippen molar-refractivity contribution in [1.29, 1.82) is 0 Å². The molecule has 0 aliphatic rings. The van der Waals surface area contributed by atoms with Gasteiger partial charge in [0, 0.05) is 18.5 Å². The van der Waals surface area contributed by atoms with Crippen LogP contribution in [-0.2, 0) is 13.0 Å². The third-order valence-electron chi connectivity index (χ3n) is 3.06. The van der Waals surface area contributed by atoms with E-state index in [9.17, 15) is 4.39 Å². The molecule has 0 bridgehead atoms. The number of aromatic nitrogens is 2. The Morgan fingerprint density at radius 1 is 1.50 bits per heavy atom. The number of benzene rings is 1. The lowest BCUT2D eigenvalue weighted by Crippen LogP contribution is -2.05. The minimum Gasteiger partial charge on any atom is -0.383 e. The molecule has 0 atom stereocenters. The van der Waals surface area contributed by atoms with E-state index in [1.54, 1.807) is 18.2 Å². The SMILES string of the molecule is C=CCn1c(CCC)nc(-c2ccc(F)c(Br)c2)c1N. The highest BCUT2D eigenvalue weighted by atomic mass is 79.9. The lowest BCUT2D eigenvalue weighted by molar-refractivity contribution is 0.621. The van der Waals surface area contributed by atoms with Gasteiger partial charge in [-0.15, -0.1) is 6.58 Å². The van der Waals surface area contributed by atoms with Gasteiger partial charge >= 0.3 is 0 Å². The molecule has 1 heterocycles. The second kappa shape index (κ2) is 6.22. The molecular weight excluding hydrogens is 321 g/mol. The van der Waals surface area contributed by atoms with E-state index in [1.807, 2.05) is 4.57 Å². The van der Waals surface area contributed by atoms with Crippen LogP contribution in [0.3, 0.4) is 0 Å². The number of nitrogens with two attached hydrogens (primary N) is 1. The molecule has 0 amide bonds. The van der Waals surface area contributed by atoms with Crippen molar-refractivity contribution in [3.8, 4) is 11.3 Å². The van der Waals surface area contributed by atoms with Crippen molar-refractivity contribution in [1.82, 2.24) is 9.55 Å². The maximum atomic E-state index is 13.3. The van der Waals surface area contributed by atoms with E-state index in [0.29, 0.717) is 22.5 Å². The Bertz CT molecular complexity index is 634. The van der Waals surface area contributed by atoms with Crippen molar-refractivity contribution in [2.45, 2.75) is 26.3 Å². The minimum absolute atomic E-state index is 0.299. The largest absolute Gasteiger partial charge is 0.383 e. The summed E-state index contributed by atoms with van der Waals surface area (Å²) in [7, 11) is 0. The zero-order chi connectivity index (χ0) is 14.7. The quantitative estimate of drug-likeness (QED) is 0.832. The minimum atomic E-state index is -0.299. The number of nitrogen functional groups attached to an aromatic ring is 1. The normalized spacial score (nSPS) is 10.8. The van der Waals surface area contributed by atoms with E-state index >= 15 is 0 Å². The van der Waals surface area contributed by atoms with Crippen LogP contribution in [0.5, 0.6) is 0 Å². The summed E-state index contributed by atoms with van der Waals surface area (Å²) < 4.78 is 15.7. The summed E-state index contributed by atoms with van der Waals surface area (Å²) in [6.07, 6.45) is 3.63. The first-order valence-corrected chi connectivity index (χ1v) is 7.29. The molecule has 2 aromatic rings. The number of rotatable bonds is 5. The summed E-state index contributed by atoms with van der Waals surface area (Å²) in [5.74, 6) is 1.22. The molecule has 5 heteroatoms. The van der Waals surface area contributed by atoms with Gasteiger partial charge in [-0.25, -0.2) is 9.37 Å². The summed E-state index contributed by atoms with van der Waals surface area (Å²) in [5, 5.41) is 0. The lowest BCUT2D eigenvalue weighted by atomic mass is 10.1. The molecule has 0 aliphatic carbocycles. The van der Waals surface area contributed by atoms with Crippen molar-refractivity contribution < 1.29 is 4.39 Å². The standard InChI is InChI=1S/C15H17BrFN3/c1-3-5-13-19-14(15(18)20(13)8-4-2)10-6-7-12(17)11(16)9-10/h4,6-7,9H,2-3,5,8,18H2,1H3. The first-order valence-electron chi connectivity index (χ1n) is 6.49. The first-order chi connectivity index (χ1) is 9.58. The highest BCUT2D eigenvalue weighted by Crippen LogP contribution is 2.30. The lowest BCUT2D eigenvalue weighted by Gasteiger charge is -2.06. The van der Waals surface area contributed by atoms with Crippen LogP contribution in [0.25, 0.3) is 11.3 Å². The molecule has 20 heavy (non-hydrogen) atoms. The summed E-state index contributed by atoms with van der Waals surface area (Å²) in [5.41, 5.74) is 7.68. The topological polar surface area (TPSA) is 43.8 Å². The van der Waals surface area contributed by atoms with Gasteiger partial charge in [0.2, 0.25) is 0 Å². The zero-order valence-electron chi connectivity index (χ0n) is 11.4. The van der Waals surface area contributed by atoms with Gasteiger partial charge in [-0.05, 0) is 40.5 Å². The fourth-order valence-electron chi connectivity index (χ4n) is 2.12. The van der Waals surface area contributed by atoms with E-state index in [1.165, 1.54) is 6.07 Å². The summed E-state index contributed by atoms with van der Waals surface area (Å²) in [6, 6.07) is 4.79. The maximum Gasteiger partial charge on any atom is 0.137 e. The van der Waals surface area contributed by atoms with Gasteiger partial charge in [-0.1, -0.05) is 13.0 Å². The van der Waals surface area contributed by atoms with Gasteiger partial charge in [-0.3, -0.25) is 0 Å². The Morgan fingerprint density at radius 3 is 2.85 bits per heavy atom. The summed E-state index contributed by atoms with van der Waals surface area (Å²) >= 11 is 3.19. The van der Waals surface area contributed by atoms with Crippen LogP contribution in [-0.4, -0.2) is 9.55 Å². The van der Waals surface area contributed by atoms with Crippen molar-refractivity contribution in [3.63, 3.8) is 0 Å². The van der Waals surface area contributed by atoms with Gasteiger partial charge in [0.05, 0.1) is 4.47 Å². The number of imidazole rings is 1. The molecule has 0 saturated carbocycles. The summed E-state index contributed by atoms with van der Waals surface area (Å²) in [6.45, 7) is 6.46. The number of anilines is 1. The van der Waals surface area contributed by atoms with E-state index in [-0.39, 0.29) is 5.82 Å². The molecule has 3 nitrogen and oxygen atoms in total. The second-order valence-electron chi connectivity index (χ2n) is 4.54. The average Bonchev–Trinajstić information content (AvgIpc) is 2.72. The fourth-order valence-corrected chi connectivity index (χ4v) is 2.50. The molecule has 1 aromatic heterocycles. The number of halogens is 2. The second-order valence-corrected chi connectivity index (χ2v) is 5.39. The molecule has 0 aliphatic heterocycles. The molecular formula is C15H17BrFN3. The molecule has 0 unspecified atom stereocenters. The van der Waals surface area contributed by atoms with Gasteiger partial charge in [0.25, 0.3) is 0 Å². The molecule has 0 spiro atoms. The van der Waals surface area contributed by atoms with Crippen molar-refractivity contribution >= 4 is 21.7 Å². The van der Waals surface area contributed by atoms with E-state index in [4.69, 9.17) is 5.73 Å². The molecule has 2 N–H and O–H groups in total. The van der Waals surface area contributed by atoms with Crippen molar-refractivity contribution in [2.24, 2.45) is 0 Å². The van der Waals surface area contributed by atoms with E-state index in [0.717, 1.165) is 24.2 Å². The Labute approximate surface area is 126 Å². The molecule has 106 valence electrons. The van der Waals surface area contributed by atoms with Gasteiger partial charge in [0.1, 0.15) is 23.2 Å². The molecule has 0 saturated heterocycles. The Kier molecular flexibility index (Phi) is 4.60. The smallest absolute Gasteiger partial charge is 0.137 e. The number of hydrogen-bond acceptors (Lipinski definition) is 2. The highest BCUT2D eigenvalue weighted by molar-refractivity contribution is 9.10. The summed E-state index contributed by atoms with van der Waals surface area (Å²) in [4.78, 5) is 4.61. The van der Waals surface area contributed by atoms with Crippen molar-refractivity contribution in [2.75, 3.05) is 5.73 Å².